The lowest BCUT2D eigenvalue weighted by atomic mass is 10.0. The molecule has 0 aliphatic carbocycles. The van der Waals surface area contributed by atoms with Crippen LogP contribution < -0.4 is 22.1 Å². The topological polar surface area (TPSA) is 574 Å². The highest BCUT2D eigenvalue weighted by Gasteiger charge is 2.47. The number of carbonyl (C=O) groups is 10. The Bertz CT molecular complexity index is 5030. The Morgan fingerprint density at radius 3 is 1.30 bits per heavy atom. The molecule has 132 heavy (non-hydrogen) atoms. The highest BCUT2D eigenvalue weighted by atomic mass is 32.2. The number of ether oxygens (including phenoxy) is 8. The Hall–Kier alpha value is -10.6. The zero-order chi connectivity index (χ0) is 102. The van der Waals surface area contributed by atoms with Gasteiger partial charge >= 0.3 is 64.4 Å². The summed E-state index contributed by atoms with van der Waals surface area (Å²) >= 11 is -1.73. The molecule has 0 spiro atoms. The Balaban J connectivity index is 0.000000531. The fourth-order valence-corrected chi connectivity index (χ4v) is 13.8. The highest BCUT2D eigenvalue weighted by molar-refractivity contribution is 7.85. The van der Waals surface area contributed by atoms with E-state index in [4.69, 9.17) is 78.2 Å². The van der Waals surface area contributed by atoms with E-state index in [2.05, 4.69) is 25.6 Å². The number of carbonyl (C=O) groups excluding carboxylic acids is 9. The van der Waals surface area contributed by atoms with Crippen molar-refractivity contribution < 1.29 is 132 Å². The summed E-state index contributed by atoms with van der Waals surface area (Å²) in [7, 11) is -4.00. The van der Waals surface area contributed by atoms with E-state index in [9.17, 15) is 70.7 Å². The number of hydrogen-bond acceptors (Lipinski definition) is 33. The van der Waals surface area contributed by atoms with Crippen molar-refractivity contribution in [2.75, 3.05) is 26.4 Å². The Morgan fingerprint density at radius 2 is 0.955 bits per heavy atom. The van der Waals surface area contributed by atoms with Crippen LogP contribution in [0.1, 0.15) is 309 Å². The maximum Gasteiger partial charge on any atom is 0.426 e. The lowest BCUT2D eigenvalue weighted by Crippen LogP contribution is -2.44. The monoisotopic (exact) mass is 1910 g/mol. The highest BCUT2D eigenvalue weighted by Crippen LogP contribution is 2.33. The van der Waals surface area contributed by atoms with Crippen LogP contribution in [0.3, 0.4) is 0 Å². The smallest absolute Gasteiger partial charge is 0.426 e. The number of aliphatic hydroxyl groups excluding tert-OH is 3. The van der Waals surface area contributed by atoms with Crippen LogP contribution in [0.5, 0.6) is 0 Å². The van der Waals surface area contributed by atoms with Gasteiger partial charge in [-0.15, -0.1) is 0 Å². The normalized spacial score (nSPS) is 19.5. The molecule has 6 aromatic rings. The molecule has 3 aliphatic heterocycles. The van der Waals surface area contributed by atoms with Crippen LogP contribution in [0.4, 0.5) is 14.4 Å². The largest absolute Gasteiger partial charge is 0.477 e. The second-order valence-corrected chi connectivity index (χ2v) is 38.2. The molecule has 44 heteroatoms. The molecule has 0 saturated carbocycles. The number of nitro groups is 1. The van der Waals surface area contributed by atoms with Gasteiger partial charge in [-0.25, -0.2) is 61.7 Å². The van der Waals surface area contributed by atoms with E-state index in [1.807, 2.05) is 66.9 Å². The van der Waals surface area contributed by atoms with Gasteiger partial charge in [0.25, 0.3) is 17.2 Å². The van der Waals surface area contributed by atoms with E-state index in [0.29, 0.717) is 38.0 Å². The van der Waals surface area contributed by atoms with Gasteiger partial charge in [0, 0.05) is 58.2 Å². The number of aliphatic hydroxyl groups is 3. The Morgan fingerprint density at radius 1 is 0.553 bits per heavy atom. The number of nitrogens with two attached hydrogens (primary N) is 2. The van der Waals surface area contributed by atoms with Crippen molar-refractivity contribution in [3.05, 3.63) is 98.9 Å². The number of amides is 4. The molecule has 17 unspecified atom stereocenters. The summed E-state index contributed by atoms with van der Waals surface area (Å²) < 4.78 is 92.1. The van der Waals surface area contributed by atoms with Crippen molar-refractivity contribution in [1.29, 1.82) is 0 Å². The summed E-state index contributed by atoms with van der Waals surface area (Å²) in [5.74, 6) is -3.54. The molecule has 2 saturated heterocycles. The second-order valence-electron chi connectivity index (χ2n) is 35.7. The van der Waals surface area contributed by atoms with E-state index in [1.165, 1.54) is 19.9 Å². The van der Waals surface area contributed by atoms with Gasteiger partial charge in [-0.3, -0.25) is 23.9 Å². The molecule has 6 aromatic heterocycles. The number of aromatic nitrogens is 6. The van der Waals surface area contributed by atoms with Gasteiger partial charge in [-0.05, 0) is 268 Å². The van der Waals surface area contributed by atoms with Crippen LogP contribution in [0.15, 0.2) is 54.6 Å². The summed E-state index contributed by atoms with van der Waals surface area (Å²) in [6, 6.07) is 11.8. The summed E-state index contributed by atoms with van der Waals surface area (Å²) in [4.78, 5) is 141. The van der Waals surface area contributed by atoms with Gasteiger partial charge in [0.2, 0.25) is 6.04 Å². The predicted octanol–water partition coefficient (Wildman–Crippen LogP) is 12.0. The molecular formula is C88H141N13O29S2. The third kappa shape index (κ3) is 36.1. The van der Waals surface area contributed by atoms with Crippen LogP contribution >= 0.6 is 0 Å². The summed E-state index contributed by atoms with van der Waals surface area (Å²) in [5, 5.41) is 52.8. The molecule has 0 bridgehead atoms. The standard InChI is InChI=1S/C22H31N3O6.C17H23N3O4.C13H13N3O3.C10H20O3.C9H17NO5S.C9H17NO4S.C4H9NO3.C4H11NO/c1-8-29-19(26)16-11-10-15-12-17(20(27)30-9-2)25(18(15)24-16)14(4)13(3)23-21(28)31-22(5,6)7;1-5-23-16(21)13-8-7-12-9-14(17(22)24-6-2)20(15(12)19-13)11(4)10(3)18;1-6-7(2)16-10(12(17)14-6)5-8-3-4-9(13(18)19)15-11(8)16;1-7(8(2)11)6-9(12)13-10(3,4)5;1-6-7(2)15-16(12,13)10(6)8(11)14-9(3,4)5;1-6-7(2)14-15(12)10(6)8(11)13-9(3,4)5;1-3(4(2)6)5(7)8;1-3(5)4(2)6/h10-14H,8-9H2,1-7H3,(H,23,28);7-11H,5-6,18H2,1-4H3;3-7H,1-2H3,(H,14,17)(H,18,19);7-8,11H,6H2,1-5H3;6-7H,1-5H3;6-7H,1-5H3;3-4,6H,1-2H3;3-4,6H,5H2,1-2H3. The number of rotatable bonds is 20. The van der Waals surface area contributed by atoms with Crippen molar-refractivity contribution in [3.8, 4) is 0 Å². The molecule has 9 rings (SSSR count). The lowest BCUT2D eigenvalue weighted by molar-refractivity contribution is -0.528. The average Bonchev–Trinajstić information content (AvgIpc) is 1.61. The van der Waals surface area contributed by atoms with E-state index < -0.39 is 140 Å². The fraction of sp³-hybridized carbons (Fsp3) is 0.648. The number of fused-ring (bicyclic) bond motifs is 5. The zero-order valence-electron chi connectivity index (χ0n) is 82.0. The van der Waals surface area contributed by atoms with Crippen LogP contribution in [0.25, 0.3) is 33.1 Å². The maximum atomic E-state index is 12.6. The average molecular weight is 1910 g/mol. The van der Waals surface area contributed by atoms with E-state index >= 15 is 0 Å². The number of pyridine rings is 3. The van der Waals surface area contributed by atoms with Gasteiger partial charge in [0.1, 0.15) is 62.5 Å². The first-order valence-electron chi connectivity index (χ1n) is 43.3. The molecule has 9 heterocycles. The molecule has 4 amide bonds. The van der Waals surface area contributed by atoms with Crippen molar-refractivity contribution in [2.45, 2.75) is 341 Å². The van der Waals surface area contributed by atoms with Crippen molar-refractivity contribution >= 4 is 115 Å². The minimum absolute atomic E-state index is 0.0146. The number of alkyl carbamates (subject to hydrolysis) is 1. The first kappa shape index (κ1) is 117. The molecule has 17 atom stereocenters. The van der Waals surface area contributed by atoms with Crippen LogP contribution in [-0.2, 0) is 72.6 Å². The number of nitrogens with zero attached hydrogens (tertiary/aromatic N) is 9. The van der Waals surface area contributed by atoms with Crippen molar-refractivity contribution in [1.82, 2.24) is 47.9 Å². The quantitative estimate of drug-likeness (QED) is 0.0152. The first-order chi connectivity index (χ1) is 60.5. The zero-order valence-corrected chi connectivity index (χ0v) is 83.6. The molecule has 0 aromatic carbocycles. The minimum atomic E-state index is -4.00. The summed E-state index contributed by atoms with van der Waals surface area (Å²) in [6.45, 7) is 56.7. The lowest BCUT2D eigenvalue weighted by Gasteiger charge is -2.29. The number of aromatic carboxylic acids is 1. The molecule has 744 valence electrons. The van der Waals surface area contributed by atoms with Crippen molar-refractivity contribution in [3.63, 3.8) is 0 Å². The van der Waals surface area contributed by atoms with Gasteiger partial charge in [0.05, 0.1) is 81.4 Å². The molecule has 2 fully saturated rings. The molecular weight excluding hydrogens is 1770 g/mol. The Labute approximate surface area is 775 Å². The fourth-order valence-electron chi connectivity index (χ4n) is 11.3. The third-order valence-electron chi connectivity index (χ3n) is 19.7. The SMILES string of the molecule is CC(N)C(C)O.CC(O)C(C)CC(=O)OC(C)(C)C.CC(O)C(C)[N+](=O)[O-].CC1NC(=O)c2cc3ccc(C(=O)O)nc3n2C1C.CC1OS(=O)(=O)N(C(=O)OC(C)(C)C)C1C.CC1OS(=O)N(C(=O)OC(C)(C)C)C1C.CCOC(=O)c1ccc2cc(C(=O)OCC)n(C(C)C(C)N)c2n1.CCOC(=O)c1ccc2cc(C(=O)OCC)n(C(C)C(C)NC(=O)OC(C)(C)C)c2n1. The second kappa shape index (κ2) is 51.0. The summed E-state index contributed by atoms with van der Waals surface area (Å²) in [5.41, 5.74) is 11.7. The molecule has 3 aliphatic rings. The molecule has 42 nitrogen and oxygen atoms in total. The summed E-state index contributed by atoms with van der Waals surface area (Å²) in [6.07, 6.45) is -4.28. The van der Waals surface area contributed by atoms with E-state index in [0.717, 1.165) is 15.1 Å². The van der Waals surface area contributed by atoms with Crippen LogP contribution in [0.2, 0.25) is 0 Å². The number of carboxylic acid groups (broad SMARTS) is 1. The third-order valence-corrected chi connectivity index (χ3v) is 22.4. The number of hydrogen-bond donors (Lipinski definition) is 8. The minimum Gasteiger partial charge on any atom is -0.477 e. The first-order valence-corrected chi connectivity index (χ1v) is 45.7. The Kier molecular flexibility index (Phi) is 45.4. The van der Waals surface area contributed by atoms with Crippen molar-refractivity contribution in [2.24, 2.45) is 17.4 Å². The van der Waals surface area contributed by atoms with E-state index in [1.54, 1.807) is 203 Å². The molecule has 0 radical (unpaired) electrons. The van der Waals surface area contributed by atoms with E-state index in [-0.39, 0.29) is 122 Å². The van der Waals surface area contributed by atoms with Crippen LogP contribution in [-0.4, -0.2) is 257 Å². The van der Waals surface area contributed by atoms with Gasteiger partial charge in [-0.1, -0.05) is 6.92 Å². The van der Waals surface area contributed by atoms with Crippen LogP contribution in [0, 0.1) is 16.0 Å². The number of nitrogens with one attached hydrogen (secondary N) is 2. The number of esters is 5. The molecule has 10 N–H and O–H groups in total. The maximum absolute atomic E-state index is 12.6. The van der Waals surface area contributed by atoms with Gasteiger partial charge in [-0.2, -0.15) is 17.0 Å². The van der Waals surface area contributed by atoms with Gasteiger partial charge < -0.3 is 94.1 Å². The number of carboxylic acids is 1. The van der Waals surface area contributed by atoms with Gasteiger partial charge in [0.15, 0.2) is 17.1 Å². The predicted molar refractivity (Wildman–Crippen MR) is 492 cm³/mol.